The van der Waals surface area contributed by atoms with Crippen LogP contribution in [0.25, 0.3) is 0 Å². The van der Waals surface area contributed by atoms with E-state index < -0.39 is 6.10 Å². The highest BCUT2D eigenvalue weighted by atomic mass is 35.5. The molecule has 0 amide bonds. The van der Waals surface area contributed by atoms with Gasteiger partial charge < -0.3 is 10.4 Å². The van der Waals surface area contributed by atoms with E-state index in [1.165, 1.54) is 0 Å². The topological polar surface area (TPSA) is 32.3 Å². The van der Waals surface area contributed by atoms with Gasteiger partial charge in [0.05, 0.1) is 16.1 Å². The van der Waals surface area contributed by atoms with Crippen molar-refractivity contribution in [3.05, 3.63) is 68.7 Å². The number of hydrogen-bond acceptors (Lipinski definition) is 2. The van der Waals surface area contributed by atoms with E-state index in [0.29, 0.717) is 16.6 Å². The summed E-state index contributed by atoms with van der Waals surface area (Å²) in [6, 6.07) is 13.1. The third-order valence-electron chi connectivity index (χ3n) is 3.47. The van der Waals surface area contributed by atoms with E-state index >= 15 is 0 Å². The second-order valence-corrected chi connectivity index (χ2v) is 6.52. The Kier molecular flexibility index (Phi) is 6.54. The minimum absolute atomic E-state index is 0.192. The second-order valence-electron chi connectivity index (χ2n) is 5.29. The third-order valence-corrected chi connectivity index (χ3v) is 4.58. The summed E-state index contributed by atoms with van der Waals surface area (Å²) in [5.41, 5.74) is 1.83. The molecule has 2 atom stereocenters. The van der Waals surface area contributed by atoms with Gasteiger partial charge in [-0.25, -0.2) is 0 Å². The van der Waals surface area contributed by atoms with Crippen LogP contribution < -0.4 is 5.32 Å². The molecule has 0 radical (unpaired) electrons. The van der Waals surface area contributed by atoms with E-state index in [1.807, 2.05) is 24.3 Å². The first-order valence-electron chi connectivity index (χ1n) is 7.07. The first-order chi connectivity index (χ1) is 10.5. The predicted molar refractivity (Wildman–Crippen MR) is 94.0 cm³/mol. The highest BCUT2D eigenvalue weighted by molar-refractivity contribution is 6.42. The van der Waals surface area contributed by atoms with E-state index in [4.69, 9.17) is 34.8 Å². The van der Waals surface area contributed by atoms with Crippen molar-refractivity contribution >= 4 is 34.8 Å². The Morgan fingerprint density at radius 3 is 2.41 bits per heavy atom. The fourth-order valence-electron chi connectivity index (χ4n) is 2.22. The monoisotopic (exact) mass is 357 g/mol. The molecule has 0 saturated carbocycles. The average Bonchev–Trinajstić information content (AvgIpc) is 2.50. The van der Waals surface area contributed by atoms with Crippen molar-refractivity contribution in [1.29, 1.82) is 0 Å². The zero-order chi connectivity index (χ0) is 16.1. The Balaban J connectivity index is 1.89. The predicted octanol–water partition coefficient (Wildman–Crippen LogP) is 4.90. The van der Waals surface area contributed by atoms with Gasteiger partial charge in [-0.05, 0) is 42.7 Å². The minimum atomic E-state index is -0.636. The molecule has 0 aromatic heterocycles. The fraction of sp³-hybridized carbons (Fsp3) is 0.294. The minimum Gasteiger partial charge on any atom is -0.387 e. The van der Waals surface area contributed by atoms with E-state index in [2.05, 4.69) is 12.2 Å². The first-order valence-corrected chi connectivity index (χ1v) is 8.20. The van der Waals surface area contributed by atoms with Crippen molar-refractivity contribution in [1.82, 2.24) is 5.32 Å². The molecule has 0 spiro atoms. The number of rotatable bonds is 6. The lowest BCUT2D eigenvalue weighted by Crippen LogP contribution is -2.32. The molecular formula is C17H18Cl3NO. The SMILES string of the molecule is C[C@H](Cc1ccccc1Cl)NC[C@H](O)c1ccc(Cl)c(Cl)c1. The van der Waals surface area contributed by atoms with Gasteiger partial charge in [-0.3, -0.25) is 0 Å². The normalized spacial score (nSPS) is 13.9. The summed E-state index contributed by atoms with van der Waals surface area (Å²) < 4.78 is 0. The quantitative estimate of drug-likeness (QED) is 0.769. The van der Waals surface area contributed by atoms with Gasteiger partial charge in [-0.15, -0.1) is 0 Å². The molecule has 0 unspecified atom stereocenters. The Labute approximate surface area is 146 Å². The van der Waals surface area contributed by atoms with Gasteiger partial charge in [0, 0.05) is 17.6 Å². The van der Waals surface area contributed by atoms with Crippen molar-refractivity contribution in [2.75, 3.05) is 6.54 Å². The molecule has 22 heavy (non-hydrogen) atoms. The standard InChI is InChI=1S/C17H18Cl3NO/c1-11(8-12-4-2-3-5-14(12)18)21-10-17(22)13-6-7-15(19)16(20)9-13/h2-7,9,11,17,21-22H,8,10H2,1H3/t11-,17+/m1/s1. The van der Waals surface area contributed by atoms with Crippen LogP contribution in [0.1, 0.15) is 24.2 Å². The van der Waals surface area contributed by atoms with E-state index in [9.17, 15) is 5.11 Å². The molecule has 2 rings (SSSR count). The van der Waals surface area contributed by atoms with Gasteiger partial charge in [0.2, 0.25) is 0 Å². The Bertz CT molecular complexity index is 633. The summed E-state index contributed by atoms with van der Waals surface area (Å²) in [7, 11) is 0. The molecule has 0 heterocycles. The molecule has 0 saturated heterocycles. The lowest BCUT2D eigenvalue weighted by Gasteiger charge is -2.18. The Morgan fingerprint density at radius 2 is 1.73 bits per heavy atom. The lowest BCUT2D eigenvalue weighted by atomic mass is 10.1. The lowest BCUT2D eigenvalue weighted by molar-refractivity contribution is 0.170. The smallest absolute Gasteiger partial charge is 0.0915 e. The summed E-state index contributed by atoms with van der Waals surface area (Å²) in [5.74, 6) is 0. The maximum atomic E-state index is 10.2. The van der Waals surface area contributed by atoms with Gasteiger partial charge in [0.1, 0.15) is 0 Å². The molecule has 0 fully saturated rings. The second kappa shape index (κ2) is 8.19. The van der Waals surface area contributed by atoms with E-state index in [1.54, 1.807) is 18.2 Å². The van der Waals surface area contributed by atoms with Gasteiger partial charge in [-0.1, -0.05) is 59.1 Å². The zero-order valence-corrected chi connectivity index (χ0v) is 14.5. The number of nitrogens with one attached hydrogen (secondary N) is 1. The third kappa shape index (κ3) is 4.87. The molecule has 0 aliphatic rings. The van der Waals surface area contributed by atoms with Crippen molar-refractivity contribution in [3.8, 4) is 0 Å². The van der Waals surface area contributed by atoms with Crippen LogP contribution in [0.15, 0.2) is 42.5 Å². The summed E-state index contributed by atoms with van der Waals surface area (Å²) >= 11 is 18.0. The van der Waals surface area contributed by atoms with Gasteiger partial charge in [-0.2, -0.15) is 0 Å². The van der Waals surface area contributed by atoms with Crippen LogP contribution in [-0.2, 0) is 6.42 Å². The van der Waals surface area contributed by atoms with Crippen LogP contribution in [0, 0.1) is 0 Å². The van der Waals surface area contributed by atoms with Gasteiger partial charge >= 0.3 is 0 Å². The summed E-state index contributed by atoms with van der Waals surface area (Å²) in [4.78, 5) is 0. The van der Waals surface area contributed by atoms with Crippen LogP contribution >= 0.6 is 34.8 Å². The van der Waals surface area contributed by atoms with E-state index in [-0.39, 0.29) is 6.04 Å². The average molecular weight is 359 g/mol. The molecular weight excluding hydrogens is 341 g/mol. The number of halogens is 3. The molecule has 2 N–H and O–H groups in total. The molecule has 0 aliphatic carbocycles. The highest BCUT2D eigenvalue weighted by Crippen LogP contribution is 2.25. The largest absolute Gasteiger partial charge is 0.387 e. The molecule has 0 bridgehead atoms. The number of aliphatic hydroxyl groups excluding tert-OH is 1. The van der Waals surface area contributed by atoms with Gasteiger partial charge in [0.15, 0.2) is 0 Å². The summed E-state index contributed by atoms with van der Waals surface area (Å²) in [5, 5.41) is 15.2. The van der Waals surface area contributed by atoms with Crippen molar-refractivity contribution < 1.29 is 5.11 Å². The maximum Gasteiger partial charge on any atom is 0.0915 e. The Hall–Kier alpha value is -0.770. The Morgan fingerprint density at radius 1 is 1.00 bits per heavy atom. The summed E-state index contributed by atoms with van der Waals surface area (Å²) in [6.07, 6.45) is 0.164. The molecule has 2 aromatic carbocycles. The van der Waals surface area contributed by atoms with Crippen LogP contribution in [0.5, 0.6) is 0 Å². The van der Waals surface area contributed by atoms with E-state index in [0.717, 1.165) is 22.6 Å². The highest BCUT2D eigenvalue weighted by Gasteiger charge is 2.12. The van der Waals surface area contributed by atoms with Crippen LogP contribution in [-0.4, -0.2) is 17.7 Å². The van der Waals surface area contributed by atoms with Crippen LogP contribution in [0.3, 0.4) is 0 Å². The molecule has 0 aliphatic heterocycles. The number of hydrogen-bond donors (Lipinski definition) is 2. The number of benzene rings is 2. The molecule has 5 heteroatoms. The molecule has 118 valence electrons. The maximum absolute atomic E-state index is 10.2. The fourth-order valence-corrected chi connectivity index (χ4v) is 2.74. The summed E-state index contributed by atoms with van der Waals surface area (Å²) in [6.45, 7) is 2.49. The van der Waals surface area contributed by atoms with Crippen molar-refractivity contribution in [2.45, 2.75) is 25.5 Å². The first kappa shape index (κ1) is 17.6. The van der Waals surface area contributed by atoms with Crippen molar-refractivity contribution in [3.63, 3.8) is 0 Å². The van der Waals surface area contributed by atoms with Gasteiger partial charge in [0.25, 0.3) is 0 Å². The zero-order valence-electron chi connectivity index (χ0n) is 12.2. The van der Waals surface area contributed by atoms with Crippen LogP contribution in [0.4, 0.5) is 0 Å². The number of aliphatic hydroxyl groups is 1. The molecule has 2 nitrogen and oxygen atoms in total. The van der Waals surface area contributed by atoms with Crippen LogP contribution in [0.2, 0.25) is 15.1 Å². The van der Waals surface area contributed by atoms with Crippen molar-refractivity contribution in [2.24, 2.45) is 0 Å². The molecule has 2 aromatic rings.